The molecule has 0 radical (unpaired) electrons. The molecule has 0 aliphatic heterocycles. The van der Waals surface area contributed by atoms with Gasteiger partial charge in [0.1, 0.15) is 0 Å². The van der Waals surface area contributed by atoms with Crippen molar-refractivity contribution in [2.24, 2.45) is 16.9 Å². The van der Waals surface area contributed by atoms with E-state index in [-0.39, 0.29) is 0 Å². The van der Waals surface area contributed by atoms with Gasteiger partial charge in [-0.1, -0.05) is 24.3 Å². The first-order valence-electron chi connectivity index (χ1n) is 7.28. The molecule has 0 bridgehead atoms. The van der Waals surface area contributed by atoms with Crippen molar-refractivity contribution in [2.45, 2.75) is 50.5 Å². The third-order valence-corrected chi connectivity index (χ3v) is 5.12. The molecular weight excluding hydrogens is 220 g/mol. The summed E-state index contributed by atoms with van der Waals surface area (Å²) >= 11 is 0. The molecule has 1 unspecified atom stereocenters. The summed E-state index contributed by atoms with van der Waals surface area (Å²) in [6, 6.07) is 9.61. The molecule has 2 aliphatic rings. The predicted molar refractivity (Wildman–Crippen MR) is 75.4 cm³/mol. The third-order valence-electron chi connectivity index (χ3n) is 5.12. The molecule has 4 N–H and O–H groups in total. The van der Waals surface area contributed by atoms with Crippen LogP contribution in [-0.2, 0) is 6.42 Å². The summed E-state index contributed by atoms with van der Waals surface area (Å²) in [5, 5.41) is 0. The zero-order valence-electron chi connectivity index (χ0n) is 11.1. The SMILES string of the molecule is NCCc1ccc(C2CCC3(CC2)CC3N)cc1. The first-order valence-corrected chi connectivity index (χ1v) is 7.28. The molecule has 0 saturated heterocycles. The van der Waals surface area contributed by atoms with Crippen LogP contribution in [0.2, 0.25) is 0 Å². The lowest BCUT2D eigenvalue weighted by Gasteiger charge is -2.29. The Morgan fingerprint density at radius 2 is 1.72 bits per heavy atom. The van der Waals surface area contributed by atoms with Crippen LogP contribution in [0.15, 0.2) is 24.3 Å². The lowest BCUT2D eigenvalue weighted by atomic mass is 9.76. The first-order chi connectivity index (χ1) is 8.73. The standard InChI is InChI=1S/C16H24N2/c17-10-7-12-1-3-13(4-2-12)14-5-8-16(9-6-14)11-15(16)18/h1-4,14-15H,5-11,17-18H2. The monoisotopic (exact) mass is 244 g/mol. The molecular formula is C16H24N2. The van der Waals surface area contributed by atoms with Gasteiger partial charge in [-0.3, -0.25) is 0 Å². The Balaban J connectivity index is 1.62. The van der Waals surface area contributed by atoms with Crippen LogP contribution in [0.3, 0.4) is 0 Å². The maximum Gasteiger partial charge on any atom is 0.0102 e. The number of rotatable bonds is 3. The number of nitrogens with two attached hydrogens (primary N) is 2. The van der Waals surface area contributed by atoms with Gasteiger partial charge in [0, 0.05) is 6.04 Å². The van der Waals surface area contributed by atoms with Crippen LogP contribution in [0.25, 0.3) is 0 Å². The van der Waals surface area contributed by atoms with Gasteiger partial charge >= 0.3 is 0 Å². The Kier molecular flexibility index (Phi) is 3.16. The second-order valence-corrected chi connectivity index (χ2v) is 6.23. The van der Waals surface area contributed by atoms with Crippen molar-refractivity contribution in [3.05, 3.63) is 35.4 Å². The topological polar surface area (TPSA) is 52.0 Å². The van der Waals surface area contributed by atoms with E-state index in [1.165, 1.54) is 43.2 Å². The smallest absolute Gasteiger partial charge is 0.0102 e. The fourth-order valence-corrected chi connectivity index (χ4v) is 3.60. The largest absolute Gasteiger partial charge is 0.330 e. The van der Waals surface area contributed by atoms with Gasteiger partial charge in [0.15, 0.2) is 0 Å². The third kappa shape index (κ3) is 2.19. The zero-order valence-corrected chi connectivity index (χ0v) is 11.1. The molecule has 2 nitrogen and oxygen atoms in total. The van der Waals surface area contributed by atoms with Crippen LogP contribution in [0.1, 0.15) is 49.1 Å². The zero-order chi connectivity index (χ0) is 12.6. The van der Waals surface area contributed by atoms with Crippen LogP contribution in [0.4, 0.5) is 0 Å². The highest BCUT2D eigenvalue weighted by atomic mass is 14.8. The second-order valence-electron chi connectivity index (χ2n) is 6.23. The second kappa shape index (κ2) is 4.67. The van der Waals surface area contributed by atoms with Gasteiger partial charge in [-0.25, -0.2) is 0 Å². The minimum atomic E-state index is 0.505. The lowest BCUT2D eigenvalue weighted by Crippen LogP contribution is -2.20. The summed E-state index contributed by atoms with van der Waals surface area (Å²) in [5.74, 6) is 0.760. The van der Waals surface area contributed by atoms with Crippen molar-refractivity contribution in [1.29, 1.82) is 0 Å². The minimum Gasteiger partial charge on any atom is -0.330 e. The molecule has 1 spiro atoms. The van der Waals surface area contributed by atoms with Gasteiger partial charge in [-0.2, -0.15) is 0 Å². The summed E-state index contributed by atoms with van der Waals surface area (Å²) in [4.78, 5) is 0. The Labute approximate surface area is 110 Å². The molecule has 3 rings (SSSR count). The van der Waals surface area contributed by atoms with Crippen LogP contribution >= 0.6 is 0 Å². The Morgan fingerprint density at radius 3 is 2.22 bits per heavy atom. The van der Waals surface area contributed by atoms with E-state index in [0.29, 0.717) is 11.5 Å². The van der Waals surface area contributed by atoms with E-state index < -0.39 is 0 Å². The van der Waals surface area contributed by atoms with Crippen molar-refractivity contribution in [2.75, 3.05) is 6.54 Å². The molecule has 0 amide bonds. The van der Waals surface area contributed by atoms with Crippen molar-refractivity contribution in [3.8, 4) is 0 Å². The average Bonchev–Trinajstić information content (AvgIpc) is 3.01. The predicted octanol–water partition coefficient (Wildman–Crippen LogP) is 2.56. The van der Waals surface area contributed by atoms with Gasteiger partial charge < -0.3 is 11.5 Å². The van der Waals surface area contributed by atoms with Gasteiger partial charge in [0.05, 0.1) is 0 Å². The Hall–Kier alpha value is -0.860. The van der Waals surface area contributed by atoms with Crippen LogP contribution in [0.5, 0.6) is 0 Å². The minimum absolute atomic E-state index is 0.505. The summed E-state index contributed by atoms with van der Waals surface area (Å²) in [6.45, 7) is 0.739. The molecule has 2 saturated carbocycles. The molecule has 1 aromatic rings. The molecule has 2 fully saturated rings. The van der Waals surface area contributed by atoms with E-state index in [1.807, 2.05) is 0 Å². The summed E-state index contributed by atoms with van der Waals surface area (Å²) < 4.78 is 0. The van der Waals surface area contributed by atoms with E-state index in [2.05, 4.69) is 24.3 Å². The highest BCUT2D eigenvalue weighted by molar-refractivity contribution is 5.27. The van der Waals surface area contributed by atoms with Gasteiger partial charge in [-0.05, 0) is 67.5 Å². The van der Waals surface area contributed by atoms with E-state index in [9.17, 15) is 0 Å². The lowest BCUT2D eigenvalue weighted by molar-refractivity contribution is 0.297. The quantitative estimate of drug-likeness (QED) is 0.858. The van der Waals surface area contributed by atoms with E-state index in [4.69, 9.17) is 11.5 Å². The van der Waals surface area contributed by atoms with E-state index in [1.54, 1.807) is 0 Å². The van der Waals surface area contributed by atoms with Gasteiger partial charge in [0.25, 0.3) is 0 Å². The molecule has 2 heteroatoms. The highest BCUT2D eigenvalue weighted by Gasteiger charge is 2.52. The Morgan fingerprint density at radius 1 is 1.11 bits per heavy atom. The molecule has 0 heterocycles. The maximum absolute atomic E-state index is 6.06. The normalized spacial score (nSPS) is 34.8. The van der Waals surface area contributed by atoms with Crippen LogP contribution in [0, 0.1) is 5.41 Å². The molecule has 1 atom stereocenters. The van der Waals surface area contributed by atoms with Crippen LogP contribution < -0.4 is 11.5 Å². The van der Waals surface area contributed by atoms with Crippen molar-refractivity contribution < 1.29 is 0 Å². The highest BCUT2D eigenvalue weighted by Crippen LogP contribution is 2.57. The molecule has 0 aromatic heterocycles. The van der Waals surface area contributed by atoms with Gasteiger partial charge in [-0.15, -0.1) is 0 Å². The molecule has 18 heavy (non-hydrogen) atoms. The Bertz CT molecular complexity index is 402. The van der Waals surface area contributed by atoms with Crippen molar-refractivity contribution in [1.82, 2.24) is 0 Å². The molecule has 2 aliphatic carbocycles. The van der Waals surface area contributed by atoms with Crippen LogP contribution in [-0.4, -0.2) is 12.6 Å². The van der Waals surface area contributed by atoms with Crippen molar-refractivity contribution in [3.63, 3.8) is 0 Å². The average molecular weight is 244 g/mol. The van der Waals surface area contributed by atoms with Gasteiger partial charge in [0.2, 0.25) is 0 Å². The number of benzene rings is 1. The summed E-state index contributed by atoms with van der Waals surface area (Å²) in [6.07, 6.45) is 7.58. The van der Waals surface area contributed by atoms with Crippen molar-refractivity contribution >= 4 is 0 Å². The fraction of sp³-hybridized carbons (Fsp3) is 0.625. The molecule has 98 valence electrons. The summed E-state index contributed by atoms with van der Waals surface area (Å²) in [7, 11) is 0. The first kappa shape index (κ1) is 12.2. The fourth-order valence-electron chi connectivity index (χ4n) is 3.60. The van der Waals surface area contributed by atoms with E-state index >= 15 is 0 Å². The maximum atomic E-state index is 6.06. The number of hydrogen-bond acceptors (Lipinski definition) is 2. The summed E-state index contributed by atoms with van der Waals surface area (Å²) in [5.41, 5.74) is 15.1. The number of hydrogen-bond donors (Lipinski definition) is 2. The molecule has 1 aromatic carbocycles. The van der Waals surface area contributed by atoms with E-state index in [0.717, 1.165) is 18.9 Å².